The van der Waals surface area contributed by atoms with Crippen molar-refractivity contribution in [2.75, 3.05) is 6.54 Å². The molecule has 1 amide bonds. The van der Waals surface area contributed by atoms with Crippen LogP contribution in [-0.2, 0) is 16.0 Å². The minimum absolute atomic E-state index is 0.0686. The average molecular weight is 357 g/mol. The van der Waals surface area contributed by atoms with Crippen LogP contribution in [0.5, 0.6) is 0 Å². The Morgan fingerprint density at radius 1 is 1.27 bits per heavy atom. The molecule has 1 aromatic carbocycles. The predicted octanol–water partition coefficient (Wildman–Crippen LogP) is 3.58. The zero-order valence-corrected chi connectivity index (χ0v) is 14.6. The van der Waals surface area contributed by atoms with Crippen LogP contribution in [0.3, 0.4) is 0 Å². The van der Waals surface area contributed by atoms with E-state index in [9.17, 15) is 19.1 Å². The Labute approximate surface area is 150 Å². The fraction of sp³-hybridized carbons (Fsp3) is 0.300. The lowest BCUT2D eigenvalue weighted by molar-refractivity contribution is -0.129. The quantitative estimate of drug-likeness (QED) is 0.858. The van der Waals surface area contributed by atoms with E-state index in [1.165, 1.54) is 23.3 Å². The summed E-state index contributed by atoms with van der Waals surface area (Å²) in [7, 11) is 0. The van der Waals surface area contributed by atoms with Crippen LogP contribution in [0.25, 0.3) is 0 Å². The van der Waals surface area contributed by atoms with Crippen molar-refractivity contribution in [2.45, 2.75) is 26.3 Å². The molecule has 0 aliphatic carbocycles. The molecule has 0 saturated carbocycles. The molecule has 0 spiro atoms. The van der Waals surface area contributed by atoms with Crippen LogP contribution in [0.15, 0.2) is 58.4 Å². The van der Waals surface area contributed by atoms with Gasteiger partial charge in [-0.25, -0.2) is 4.39 Å². The molecule has 5 nitrogen and oxygen atoms in total. The largest absolute Gasteiger partial charge is 0.503 e. The number of halogens is 1. The van der Waals surface area contributed by atoms with E-state index >= 15 is 0 Å². The number of ketones is 1. The van der Waals surface area contributed by atoms with Gasteiger partial charge in [-0.3, -0.25) is 9.59 Å². The van der Waals surface area contributed by atoms with E-state index in [-0.39, 0.29) is 29.6 Å². The molecule has 3 rings (SSSR count). The highest BCUT2D eigenvalue weighted by molar-refractivity contribution is 6.09. The minimum Gasteiger partial charge on any atom is -0.503 e. The number of nitrogens with zero attached hydrogens (tertiary/aromatic N) is 1. The fourth-order valence-electron chi connectivity index (χ4n) is 3.09. The van der Waals surface area contributed by atoms with E-state index in [1.54, 1.807) is 38.1 Å². The number of amides is 1. The maximum Gasteiger partial charge on any atom is 0.290 e. The van der Waals surface area contributed by atoms with Crippen LogP contribution in [0.1, 0.15) is 31.2 Å². The summed E-state index contributed by atoms with van der Waals surface area (Å²) in [5, 5.41) is 10.3. The van der Waals surface area contributed by atoms with Gasteiger partial charge in [0.25, 0.3) is 5.91 Å². The van der Waals surface area contributed by atoms with E-state index in [4.69, 9.17) is 4.42 Å². The highest BCUT2D eigenvalue weighted by Gasteiger charge is 2.45. The third-order valence-electron chi connectivity index (χ3n) is 4.46. The number of carbonyl (C=O) groups excluding carboxylic acids is 2. The maximum atomic E-state index is 13.1. The first-order valence-electron chi connectivity index (χ1n) is 8.46. The van der Waals surface area contributed by atoms with Crippen molar-refractivity contribution in [3.8, 4) is 0 Å². The average Bonchev–Trinajstić information content (AvgIpc) is 3.22. The van der Waals surface area contributed by atoms with Crippen molar-refractivity contribution >= 4 is 11.7 Å². The monoisotopic (exact) mass is 357 g/mol. The Kier molecular flexibility index (Phi) is 4.93. The Morgan fingerprint density at radius 3 is 2.54 bits per heavy atom. The Hall–Kier alpha value is -2.89. The lowest BCUT2D eigenvalue weighted by Gasteiger charge is -2.25. The molecular formula is C20H20FNO4. The smallest absolute Gasteiger partial charge is 0.290 e. The van der Waals surface area contributed by atoms with Crippen molar-refractivity contribution in [2.24, 2.45) is 5.92 Å². The summed E-state index contributed by atoms with van der Waals surface area (Å²) in [5.74, 6) is -1.69. The first kappa shape index (κ1) is 17.9. The summed E-state index contributed by atoms with van der Waals surface area (Å²) >= 11 is 0. The lowest BCUT2D eigenvalue weighted by Crippen LogP contribution is -2.33. The van der Waals surface area contributed by atoms with Gasteiger partial charge in [0, 0.05) is 12.5 Å². The molecule has 1 unspecified atom stereocenters. The number of Topliss-reactive ketones (excluding diaryl/α,β-unsaturated/α-hetero) is 1. The number of benzene rings is 1. The van der Waals surface area contributed by atoms with E-state index in [0.717, 1.165) is 5.56 Å². The van der Waals surface area contributed by atoms with Gasteiger partial charge in [0.05, 0.1) is 11.8 Å². The van der Waals surface area contributed by atoms with Crippen molar-refractivity contribution in [1.29, 1.82) is 0 Å². The number of aliphatic hydroxyl groups excluding tert-OH is 1. The number of hydrogen-bond donors (Lipinski definition) is 1. The Morgan fingerprint density at radius 2 is 1.96 bits per heavy atom. The molecule has 1 atom stereocenters. The summed E-state index contributed by atoms with van der Waals surface area (Å²) < 4.78 is 18.5. The van der Waals surface area contributed by atoms with Gasteiger partial charge in [0.15, 0.2) is 11.5 Å². The summed E-state index contributed by atoms with van der Waals surface area (Å²) in [5.41, 5.74) is 0.916. The van der Waals surface area contributed by atoms with E-state index in [1.807, 2.05) is 0 Å². The van der Waals surface area contributed by atoms with Gasteiger partial charge in [-0.05, 0) is 36.2 Å². The maximum absolute atomic E-state index is 13.1. The van der Waals surface area contributed by atoms with Gasteiger partial charge in [-0.2, -0.15) is 0 Å². The van der Waals surface area contributed by atoms with Gasteiger partial charge in [0.2, 0.25) is 0 Å². The standard InChI is InChI=1S/C20H20FNO4/c1-12(2)18(23)16-17(15-4-3-11-26-15)22(20(25)19(16)24)10-9-13-5-7-14(21)8-6-13/h3-8,11-12,17,24H,9-10H2,1-2H3. The van der Waals surface area contributed by atoms with Crippen LogP contribution in [0, 0.1) is 11.7 Å². The molecule has 0 saturated heterocycles. The number of hydrogen-bond acceptors (Lipinski definition) is 4. The second-order valence-electron chi connectivity index (χ2n) is 6.57. The number of rotatable bonds is 6. The summed E-state index contributed by atoms with van der Waals surface area (Å²) in [6.45, 7) is 3.69. The third kappa shape index (κ3) is 3.27. The Bertz CT molecular complexity index is 837. The van der Waals surface area contributed by atoms with Gasteiger partial charge in [-0.15, -0.1) is 0 Å². The van der Waals surface area contributed by atoms with Crippen LogP contribution in [-0.4, -0.2) is 28.2 Å². The molecule has 0 radical (unpaired) electrons. The predicted molar refractivity (Wildman–Crippen MR) is 92.8 cm³/mol. The van der Waals surface area contributed by atoms with Gasteiger partial charge in [-0.1, -0.05) is 26.0 Å². The molecule has 0 bridgehead atoms. The molecule has 1 aliphatic heterocycles. The highest BCUT2D eigenvalue weighted by atomic mass is 19.1. The summed E-state index contributed by atoms with van der Waals surface area (Å²) in [6.07, 6.45) is 1.92. The molecule has 0 fully saturated rings. The second kappa shape index (κ2) is 7.15. The van der Waals surface area contributed by atoms with Crippen LogP contribution in [0.2, 0.25) is 0 Å². The van der Waals surface area contributed by atoms with Gasteiger partial charge < -0.3 is 14.4 Å². The molecule has 2 heterocycles. The molecule has 1 aromatic heterocycles. The normalized spacial score (nSPS) is 17.5. The topological polar surface area (TPSA) is 70.8 Å². The summed E-state index contributed by atoms with van der Waals surface area (Å²) in [6, 6.07) is 8.59. The van der Waals surface area contributed by atoms with E-state index in [2.05, 4.69) is 0 Å². The third-order valence-corrected chi connectivity index (χ3v) is 4.46. The van der Waals surface area contributed by atoms with Gasteiger partial charge >= 0.3 is 0 Å². The van der Waals surface area contributed by atoms with Crippen LogP contribution < -0.4 is 0 Å². The number of furan rings is 1. The zero-order valence-electron chi connectivity index (χ0n) is 14.6. The first-order chi connectivity index (χ1) is 12.4. The zero-order chi connectivity index (χ0) is 18.8. The first-order valence-corrected chi connectivity index (χ1v) is 8.46. The van der Waals surface area contributed by atoms with Gasteiger partial charge in [0.1, 0.15) is 17.6 Å². The Balaban J connectivity index is 1.90. The van der Waals surface area contributed by atoms with Crippen molar-refractivity contribution in [1.82, 2.24) is 4.90 Å². The van der Waals surface area contributed by atoms with Crippen molar-refractivity contribution < 1.29 is 23.5 Å². The molecular weight excluding hydrogens is 337 g/mol. The van der Waals surface area contributed by atoms with Crippen molar-refractivity contribution in [3.63, 3.8) is 0 Å². The molecule has 26 heavy (non-hydrogen) atoms. The fourth-order valence-corrected chi connectivity index (χ4v) is 3.09. The van der Waals surface area contributed by atoms with Crippen LogP contribution in [0.4, 0.5) is 4.39 Å². The molecule has 136 valence electrons. The highest BCUT2D eigenvalue weighted by Crippen LogP contribution is 2.39. The lowest BCUT2D eigenvalue weighted by atomic mass is 9.94. The minimum atomic E-state index is -0.757. The SMILES string of the molecule is CC(C)C(=O)C1=C(O)C(=O)N(CCc2ccc(F)cc2)C1c1ccco1. The molecule has 2 aromatic rings. The summed E-state index contributed by atoms with van der Waals surface area (Å²) in [4.78, 5) is 26.6. The van der Waals surface area contributed by atoms with Crippen molar-refractivity contribution in [3.05, 3.63) is 71.1 Å². The van der Waals surface area contributed by atoms with Crippen LogP contribution >= 0.6 is 0 Å². The second-order valence-corrected chi connectivity index (χ2v) is 6.57. The van der Waals surface area contributed by atoms with E-state index < -0.39 is 17.7 Å². The number of carbonyl (C=O) groups is 2. The molecule has 1 N–H and O–H groups in total. The molecule has 6 heteroatoms. The molecule has 1 aliphatic rings. The van der Waals surface area contributed by atoms with E-state index in [0.29, 0.717) is 12.2 Å². The number of aliphatic hydroxyl groups is 1.